The molecular weight excluding hydrogens is 252 g/mol. The van der Waals surface area contributed by atoms with Gasteiger partial charge in [0.1, 0.15) is 0 Å². The predicted molar refractivity (Wildman–Crippen MR) is 80.4 cm³/mol. The summed E-state index contributed by atoms with van der Waals surface area (Å²) in [4.78, 5) is 0. The third-order valence-corrected chi connectivity index (χ3v) is 6.63. The number of fused-ring (bicyclic) bond motifs is 3. The van der Waals surface area contributed by atoms with Crippen LogP contribution in [0.4, 0.5) is 0 Å². The van der Waals surface area contributed by atoms with Gasteiger partial charge in [0.05, 0.1) is 5.38 Å². The molecule has 0 aromatic heterocycles. The van der Waals surface area contributed by atoms with Gasteiger partial charge in [0.15, 0.2) is 0 Å². The summed E-state index contributed by atoms with van der Waals surface area (Å²) in [5.74, 6) is 3.84. The number of aryl methyl sites for hydroxylation is 1. The van der Waals surface area contributed by atoms with Crippen LogP contribution >= 0.6 is 11.6 Å². The molecule has 0 amide bonds. The number of rotatable bonds is 2. The van der Waals surface area contributed by atoms with E-state index in [-0.39, 0.29) is 5.38 Å². The van der Waals surface area contributed by atoms with Gasteiger partial charge in [-0.2, -0.15) is 0 Å². The maximum atomic E-state index is 6.79. The molecule has 2 bridgehead atoms. The third-order valence-electron chi connectivity index (χ3n) is 6.04. The fourth-order valence-electron chi connectivity index (χ4n) is 5.06. The molecule has 0 spiro atoms. The van der Waals surface area contributed by atoms with Crippen molar-refractivity contribution in [2.45, 2.75) is 50.3 Å². The third kappa shape index (κ3) is 2.13. The van der Waals surface area contributed by atoms with Gasteiger partial charge in [0.25, 0.3) is 0 Å². The van der Waals surface area contributed by atoms with E-state index in [9.17, 15) is 0 Å². The van der Waals surface area contributed by atoms with E-state index < -0.39 is 0 Å². The molecule has 0 heterocycles. The van der Waals surface area contributed by atoms with Gasteiger partial charge >= 0.3 is 0 Å². The van der Waals surface area contributed by atoms with Crippen LogP contribution in [0.1, 0.15) is 55.0 Å². The Morgan fingerprint density at radius 1 is 1.00 bits per heavy atom. The first kappa shape index (κ1) is 12.3. The van der Waals surface area contributed by atoms with Crippen molar-refractivity contribution >= 4 is 11.6 Å². The molecule has 0 saturated heterocycles. The predicted octanol–water partition coefficient (Wildman–Crippen LogP) is 5.36. The van der Waals surface area contributed by atoms with Crippen LogP contribution in [0, 0.1) is 23.7 Å². The van der Waals surface area contributed by atoms with Gasteiger partial charge in [-0.3, -0.25) is 0 Å². The van der Waals surface area contributed by atoms with Gasteiger partial charge in [0, 0.05) is 0 Å². The second kappa shape index (κ2) is 4.81. The van der Waals surface area contributed by atoms with Gasteiger partial charge in [-0.25, -0.2) is 0 Å². The van der Waals surface area contributed by atoms with E-state index in [1.54, 1.807) is 0 Å². The minimum Gasteiger partial charge on any atom is -0.118 e. The topological polar surface area (TPSA) is 0 Å². The van der Waals surface area contributed by atoms with Crippen molar-refractivity contribution in [3.8, 4) is 0 Å². The maximum absolute atomic E-state index is 6.79. The smallest absolute Gasteiger partial charge is 0.0616 e. The molecule has 0 N–H and O–H groups in total. The van der Waals surface area contributed by atoms with Crippen LogP contribution in [-0.4, -0.2) is 0 Å². The molecule has 0 radical (unpaired) electrons. The van der Waals surface area contributed by atoms with Crippen LogP contribution in [0.15, 0.2) is 24.3 Å². The van der Waals surface area contributed by atoms with Crippen LogP contribution in [-0.2, 0) is 6.42 Å². The molecule has 5 unspecified atom stereocenters. The van der Waals surface area contributed by atoms with Crippen LogP contribution in [0.3, 0.4) is 0 Å². The lowest BCUT2D eigenvalue weighted by atomic mass is 9.75. The Balaban J connectivity index is 1.48. The van der Waals surface area contributed by atoms with Crippen molar-refractivity contribution in [3.05, 3.63) is 35.4 Å². The molecule has 1 aromatic carbocycles. The number of benzene rings is 1. The molecule has 1 heteroatoms. The molecule has 102 valence electrons. The van der Waals surface area contributed by atoms with Crippen LogP contribution < -0.4 is 0 Å². The van der Waals surface area contributed by atoms with Crippen molar-refractivity contribution in [1.82, 2.24) is 0 Å². The fraction of sp³-hybridized carbons (Fsp3) is 0.667. The first-order valence-corrected chi connectivity index (χ1v) is 8.47. The SMILES string of the molecule is ClC1c2ccccc2CCC1CC1CC2CCC1C2. The average molecular weight is 275 g/mol. The number of alkyl halides is 1. The summed E-state index contributed by atoms with van der Waals surface area (Å²) in [5.41, 5.74) is 2.91. The summed E-state index contributed by atoms with van der Waals surface area (Å²) >= 11 is 6.79. The Morgan fingerprint density at radius 3 is 2.68 bits per heavy atom. The zero-order chi connectivity index (χ0) is 12.8. The highest BCUT2D eigenvalue weighted by Gasteiger charge is 2.41. The van der Waals surface area contributed by atoms with Crippen molar-refractivity contribution in [2.24, 2.45) is 23.7 Å². The standard InChI is InChI=1S/C18H23Cl/c19-18-15(8-7-13-3-1-2-4-17(13)18)11-16-10-12-5-6-14(16)9-12/h1-4,12,14-16,18H,5-11H2. The van der Waals surface area contributed by atoms with E-state index in [4.69, 9.17) is 11.6 Å². The van der Waals surface area contributed by atoms with E-state index in [1.807, 2.05) is 0 Å². The molecule has 1 aromatic rings. The first-order valence-electron chi connectivity index (χ1n) is 8.03. The lowest BCUT2D eigenvalue weighted by molar-refractivity contribution is 0.250. The summed E-state index contributed by atoms with van der Waals surface area (Å²) in [5, 5.41) is 0.268. The lowest BCUT2D eigenvalue weighted by Crippen LogP contribution is -2.22. The number of hydrogen-bond donors (Lipinski definition) is 0. The minimum absolute atomic E-state index is 0.268. The van der Waals surface area contributed by atoms with Gasteiger partial charge in [-0.05, 0) is 73.3 Å². The van der Waals surface area contributed by atoms with E-state index in [0.717, 1.165) is 23.7 Å². The Kier molecular flexibility index (Phi) is 3.10. The summed E-state index contributed by atoms with van der Waals surface area (Å²) in [6, 6.07) is 8.81. The van der Waals surface area contributed by atoms with E-state index in [0.29, 0.717) is 0 Å². The van der Waals surface area contributed by atoms with Crippen molar-refractivity contribution in [1.29, 1.82) is 0 Å². The monoisotopic (exact) mass is 274 g/mol. The van der Waals surface area contributed by atoms with Crippen molar-refractivity contribution in [2.75, 3.05) is 0 Å². The molecular formula is C18H23Cl. The molecule has 19 heavy (non-hydrogen) atoms. The Morgan fingerprint density at radius 2 is 1.89 bits per heavy atom. The van der Waals surface area contributed by atoms with E-state index in [1.165, 1.54) is 56.1 Å². The van der Waals surface area contributed by atoms with Gasteiger partial charge < -0.3 is 0 Å². The Bertz CT molecular complexity index is 467. The molecule has 4 rings (SSSR count). The average Bonchev–Trinajstić information content (AvgIpc) is 3.05. The molecule has 0 nitrogen and oxygen atoms in total. The molecule has 2 saturated carbocycles. The fourth-order valence-corrected chi connectivity index (χ4v) is 5.51. The minimum atomic E-state index is 0.268. The summed E-state index contributed by atoms with van der Waals surface area (Å²) in [7, 11) is 0. The molecule has 0 aliphatic heterocycles. The Hall–Kier alpha value is -0.490. The van der Waals surface area contributed by atoms with Crippen LogP contribution in [0.5, 0.6) is 0 Å². The summed E-state index contributed by atoms with van der Waals surface area (Å²) in [6.45, 7) is 0. The Labute approximate surface area is 121 Å². The second-order valence-electron chi connectivity index (χ2n) is 7.07. The first-order chi connectivity index (χ1) is 9.31. The zero-order valence-electron chi connectivity index (χ0n) is 11.5. The van der Waals surface area contributed by atoms with Gasteiger partial charge in [-0.15, -0.1) is 11.6 Å². The molecule has 5 atom stereocenters. The molecule has 3 aliphatic rings. The highest BCUT2D eigenvalue weighted by molar-refractivity contribution is 6.21. The summed E-state index contributed by atoms with van der Waals surface area (Å²) < 4.78 is 0. The lowest BCUT2D eigenvalue weighted by Gasteiger charge is -2.33. The van der Waals surface area contributed by atoms with E-state index in [2.05, 4.69) is 24.3 Å². The van der Waals surface area contributed by atoms with Gasteiger partial charge in [0.2, 0.25) is 0 Å². The van der Waals surface area contributed by atoms with Crippen molar-refractivity contribution < 1.29 is 0 Å². The van der Waals surface area contributed by atoms with Crippen molar-refractivity contribution in [3.63, 3.8) is 0 Å². The maximum Gasteiger partial charge on any atom is 0.0616 e. The zero-order valence-corrected chi connectivity index (χ0v) is 12.3. The normalized spacial score (nSPS) is 40.4. The molecule has 3 aliphatic carbocycles. The number of hydrogen-bond acceptors (Lipinski definition) is 0. The quantitative estimate of drug-likeness (QED) is 0.637. The van der Waals surface area contributed by atoms with Gasteiger partial charge in [-0.1, -0.05) is 30.7 Å². The molecule has 2 fully saturated rings. The highest BCUT2D eigenvalue weighted by atomic mass is 35.5. The number of halogens is 1. The largest absolute Gasteiger partial charge is 0.118 e. The van der Waals surface area contributed by atoms with E-state index >= 15 is 0 Å². The summed E-state index contributed by atoms with van der Waals surface area (Å²) in [6.07, 6.45) is 9.99. The van der Waals surface area contributed by atoms with Crippen LogP contribution in [0.25, 0.3) is 0 Å². The highest BCUT2D eigenvalue weighted by Crippen LogP contribution is 2.53. The second-order valence-corrected chi connectivity index (χ2v) is 7.54. The van der Waals surface area contributed by atoms with Crippen LogP contribution in [0.2, 0.25) is 0 Å².